The Morgan fingerprint density at radius 2 is 1.90 bits per heavy atom. The molecule has 0 atom stereocenters. The molecule has 0 aliphatic rings. The van der Waals surface area contributed by atoms with Gasteiger partial charge in [-0.1, -0.05) is 11.2 Å². The molecule has 1 N–H and O–H groups in total. The summed E-state index contributed by atoms with van der Waals surface area (Å²) in [6, 6.07) is 14.0. The molecule has 2 aromatic carbocycles. The van der Waals surface area contributed by atoms with Crippen molar-refractivity contribution in [3.05, 3.63) is 54.4 Å². The summed E-state index contributed by atoms with van der Waals surface area (Å²) in [5, 5.41) is 6.57. The summed E-state index contributed by atoms with van der Waals surface area (Å²) in [6.07, 6.45) is 0. The minimum atomic E-state index is -0.325. The van der Waals surface area contributed by atoms with Gasteiger partial charge in [-0.15, -0.1) is 0 Å². The predicted octanol–water partition coefficient (Wildman–Crippen LogP) is 2.53. The monoisotopic (exact) mass is 410 g/mol. The van der Waals surface area contributed by atoms with Gasteiger partial charge in [0.05, 0.1) is 13.7 Å². The number of amides is 2. The molecular formula is C21H22N4O5. The largest absolute Gasteiger partial charge is 0.497 e. The highest BCUT2D eigenvalue weighted by atomic mass is 16.5. The third-order valence-electron chi connectivity index (χ3n) is 4.16. The van der Waals surface area contributed by atoms with E-state index < -0.39 is 0 Å². The van der Waals surface area contributed by atoms with Gasteiger partial charge in [-0.25, -0.2) is 0 Å². The van der Waals surface area contributed by atoms with E-state index in [-0.39, 0.29) is 25.0 Å². The van der Waals surface area contributed by atoms with Crippen LogP contribution in [0.4, 0.5) is 5.69 Å². The van der Waals surface area contributed by atoms with Gasteiger partial charge in [0.2, 0.25) is 17.6 Å². The molecule has 0 aliphatic heterocycles. The summed E-state index contributed by atoms with van der Waals surface area (Å²) < 4.78 is 15.6. The van der Waals surface area contributed by atoms with E-state index in [9.17, 15) is 9.59 Å². The molecule has 1 aromatic heterocycles. The molecule has 1 heterocycles. The maximum atomic E-state index is 12.3. The maximum absolute atomic E-state index is 12.3. The molecule has 0 spiro atoms. The van der Waals surface area contributed by atoms with Crippen LogP contribution in [0.1, 0.15) is 5.89 Å². The van der Waals surface area contributed by atoms with Crippen molar-refractivity contribution in [3.8, 4) is 22.9 Å². The van der Waals surface area contributed by atoms with Gasteiger partial charge >= 0.3 is 0 Å². The van der Waals surface area contributed by atoms with Gasteiger partial charge in [0.1, 0.15) is 11.5 Å². The van der Waals surface area contributed by atoms with Gasteiger partial charge in [-0.2, -0.15) is 4.98 Å². The van der Waals surface area contributed by atoms with E-state index in [1.54, 1.807) is 69.6 Å². The summed E-state index contributed by atoms with van der Waals surface area (Å²) >= 11 is 0. The zero-order chi connectivity index (χ0) is 21.5. The van der Waals surface area contributed by atoms with Crippen LogP contribution in [0, 0.1) is 6.92 Å². The third-order valence-corrected chi connectivity index (χ3v) is 4.16. The van der Waals surface area contributed by atoms with Crippen molar-refractivity contribution in [3.63, 3.8) is 0 Å². The van der Waals surface area contributed by atoms with Gasteiger partial charge in [-0.05, 0) is 36.4 Å². The Balaban J connectivity index is 1.47. The van der Waals surface area contributed by atoms with Gasteiger partial charge in [-0.3, -0.25) is 9.59 Å². The minimum Gasteiger partial charge on any atom is -0.497 e. The Morgan fingerprint density at radius 1 is 1.13 bits per heavy atom. The molecule has 0 bridgehead atoms. The Hall–Kier alpha value is -3.88. The molecule has 0 aliphatic carbocycles. The quantitative estimate of drug-likeness (QED) is 0.608. The molecule has 2 amide bonds. The van der Waals surface area contributed by atoms with Gasteiger partial charge in [0.15, 0.2) is 6.61 Å². The highest BCUT2D eigenvalue weighted by Gasteiger charge is 2.14. The summed E-state index contributed by atoms with van der Waals surface area (Å²) in [5.41, 5.74) is 1.37. The average Bonchev–Trinajstić information content (AvgIpc) is 3.18. The molecule has 3 rings (SSSR count). The first-order valence-electron chi connectivity index (χ1n) is 9.16. The van der Waals surface area contributed by atoms with Crippen LogP contribution in [0.3, 0.4) is 0 Å². The fourth-order valence-electron chi connectivity index (χ4n) is 2.58. The van der Waals surface area contributed by atoms with E-state index in [2.05, 4.69) is 15.5 Å². The lowest BCUT2D eigenvalue weighted by Crippen LogP contribution is -2.37. The molecule has 0 radical (unpaired) electrons. The van der Waals surface area contributed by atoms with E-state index in [1.807, 2.05) is 0 Å². The summed E-state index contributed by atoms with van der Waals surface area (Å²) in [5.74, 6) is 1.46. The van der Waals surface area contributed by atoms with Gasteiger partial charge in [0, 0.05) is 31.3 Å². The molecule has 0 fully saturated rings. The van der Waals surface area contributed by atoms with Crippen LogP contribution in [0.15, 0.2) is 53.1 Å². The zero-order valence-electron chi connectivity index (χ0n) is 16.9. The van der Waals surface area contributed by atoms with Crippen LogP contribution in [0.2, 0.25) is 0 Å². The second-order valence-electron chi connectivity index (χ2n) is 6.48. The van der Waals surface area contributed by atoms with Crippen molar-refractivity contribution in [2.75, 3.05) is 32.6 Å². The smallest absolute Gasteiger partial charge is 0.260 e. The molecule has 9 nitrogen and oxygen atoms in total. The third kappa shape index (κ3) is 5.57. The number of aromatic nitrogens is 2. The number of methoxy groups -OCH3 is 1. The Kier molecular flexibility index (Phi) is 6.63. The van der Waals surface area contributed by atoms with E-state index in [1.165, 1.54) is 4.90 Å². The lowest BCUT2D eigenvalue weighted by molar-refractivity contribution is -0.135. The minimum absolute atomic E-state index is 0.102. The summed E-state index contributed by atoms with van der Waals surface area (Å²) in [6.45, 7) is 1.42. The van der Waals surface area contributed by atoms with Crippen molar-refractivity contribution in [2.24, 2.45) is 0 Å². The van der Waals surface area contributed by atoms with Crippen LogP contribution < -0.4 is 14.8 Å². The number of nitrogens with one attached hydrogen (secondary N) is 1. The number of carbonyl (C=O) groups is 2. The molecule has 0 saturated heterocycles. The summed E-state index contributed by atoms with van der Waals surface area (Å²) in [4.78, 5) is 29.9. The highest BCUT2D eigenvalue weighted by Crippen LogP contribution is 2.20. The van der Waals surface area contributed by atoms with Crippen LogP contribution in [0.5, 0.6) is 11.5 Å². The van der Waals surface area contributed by atoms with E-state index in [0.717, 1.165) is 5.56 Å². The second kappa shape index (κ2) is 9.55. The fraction of sp³-hybridized carbons (Fsp3) is 0.238. The molecule has 0 saturated carbocycles. The van der Waals surface area contributed by atoms with Crippen LogP contribution in [-0.2, 0) is 9.59 Å². The topological polar surface area (TPSA) is 107 Å². The molecule has 3 aromatic rings. The number of anilines is 1. The van der Waals surface area contributed by atoms with Crippen LogP contribution in [-0.4, -0.2) is 54.2 Å². The van der Waals surface area contributed by atoms with Gasteiger partial charge in [0.25, 0.3) is 5.91 Å². The molecular weight excluding hydrogens is 388 g/mol. The normalized spacial score (nSPS) is 10.4. The number of aryl methyl sites for hydroxylation is 1. The number of ether oxygens (including phenoxy) is 2. The molecule has 9 heteroatoms. The van der Waals surface area contributed by atoms with Crippen molar-refractivity contribution in [2.45, 2.75) is 6.92 Å². The first-order valence-corrected chi connectivity index (χ1v) is 9.16. The average molecular weight is 410 g/mol. The van der Waals surface area contributed by atoms with E-state index in [0.29, 0.717) is 28.9 Å². The van der Waals surface area contributed by atoms with Crippen LogP contribution in [0.25, 0.3) is 11.4 Å². The Bertz CT molecular complexity index is 1020. The zero-order valence-corrected chi connectivity index (χ0v) is 16.9. The number of benzene rings is 2. The standard InChI is InChI=1S/C21H22N4O5/c1-14-22-21(24-30-14)15-7-9-17(10-8-15)29-13-20(27)25(2)12-19(26)23-16-5-4-6-18(11-16)28-3/h4-11H,12-13H2,1-3H3,(H,23,26). The first-order chi connectivity index (χ1) is 14.4. The van der Waals surface area contributed by atoms with Crippen molar-refractivity contribution in [1.29, 1.82) is 0 Å². The first kappa shape index (κ1) is 20.8. The number of likely N-dealkylation sites (N-methyl/N-ethyl adjacent to an activating group) is 1. The highest BCUT2D eigenvalue weighted by molar-refractivity contribution is 5.94. The molecule has 156 valence electrons. The Labute approximate surface area is 173 Å². The number of hydrogen-bond donors (Lipinski definition) is 1. The lowest BCUT2D eigenvalue weighted by Gasteiger charge is -2.17. The fourth-order valence-corrected chi connectivity index (χ4v) is 2.58. The predicted molar refractivity (Wildman–Crippen MR) is 109 cm³/mol. The Morgan fingerprint density at radius 3 is 2.57 bits per heavy atom. The van der Waals surface area contributed by atoms with Crippen molar-refractivity contribution in [1.82, 2.24) is 15.0 Å². The SMILES string of the molecule is COc1cccc(NC(=O)CN(C)C(=O)COc2ccc(-c3noc(C)n3)cc2)c1. The van der Waals surface area contributed by atoms with Crippen LogP contribution >= 0.6 is 0 Å². The summed E-state index contributed by atoms with van der Waals surface area (Å²) in [7, 11) is 3.09. The van der Waals surface area contributed by atoms with Crippen molar-refractivity contribution >= 4 is 17.5 Å². The number of carbonyl (C=O) groups excluding carboxylic acids is 2. The molecule has 30 heavy (non-hydrogen) atoms. The van der Waals surface area contributed by atoms with E-state index >= 15 is 0 Å². The number of hydrogen-bond acceptors (Lipinski definition) is 7. The van der Waals surface area contributed by atoms with Crippen molar-refractivity contribution < 1.29 is 23.6 Å². The number of nitrogens with zero attached hydrogens (tertiary/aromatic N) is 3. The van der Waals surface area contributed by atoms with E-state index in [4.69, 9.17) is 14.0 Å². The lowest BCUT2D eigenvalue weighted by atomic mass is 10.2. The maximum Gasteiger partial charge on any atom is 0.260 e. The molecule has 0 unspecified atom stereocenters. The second-order valence-corrected chi connectivity index (χ2v) is 6.48. The number of rotatable bonds is 8. The van der Waals surface area contributed by atoms with Gasteiger partial charge < -0.3 is 24.2 Å².